The van der Waals surface area contributed by atoms with E-state index >= 15 is 0 Å². The minimum Gasteiger partial charge on any atom is -0.387 e. The number of fused-ring (bicyclic) bond motifs is 2. The molecule has 0 radical (unpaired) electrons. The van der Waals surface area contributed by atoms with E-state index in [1.807, 2.05) is 0 Å². The lowest BCUT2D eigenvalue weighted by atomic mass is 10.1. The van der Waals surface area contributed by atoms with Crippen LogP contribution < -0.4 is 17.0 Å². The third-order valence-corrected chi connectivity index (χ3v) is 9.18. The number of aromatic amines is 1. The third-order valence-electron chi connectivity index (χ3n) is 7.15. The van der Waals surface area contributed by atoms with Crippen molar-refractivity contribution in [2.75, 3.05) is 24.7 Å². The molecule has 2 saturated heterocycles. The molecule has 4 aromatic heterocycles. The van der Waals surface area contributed by atoms with Crippen LogP contribution in [0.25, 0.3) is 22.3 Å². The van der Waals surface area contributed by atoms with Gasteiger partial charge in [-0.05, 0) is 15.9 Å². The molecule has 2 aliphatic rings. The van der Waals surface area contributed by atoms with Gasteiger partial charge in [0.05, 0.1) is 19.5 Å². The molecule has 1 unspecified atom stereocenters. The van der Waals surface area contributed by atoms with Gasteiger partial charge in [0.2, 0.25) is 5.95 Å². The summed E-state index contributed by atoms with van der Waals surface area (Å²) in [6, 6.07) is 0. The summed E-state index contributed by atoms with van der Waals surface area (Å²) in [7, 11) is -10.3. The number of rotatable bonds is 10. The number of aromatic nitrogens is 8. The lowest BCUT2D eigenvalue weighted by Gasteiger charge is -2.24. The molecule has 0 aliphatic carbocycles. The van der Waals surface area contributed by atoms with Gasteiger partial charge in [-0.2, -0.15) is 4.98 Å². The number of nitrogens with two attached hydrogens (primary N) is 2. The van der Waals surface area contributed by atoms with Crippen LogP contribution in [0.3, 0.4) is 0 Å². The van der Waals surface area contributed by atoms with Crippen molar-refractivity contribution in [3.05, 3.63) is 27.7 Å². The Morgan fingerprint density at radius 2 is 1.62 bits per heavy atom. The maximum absolute atomic E-state index is 13.1. The Morgan fingerprint density at radius 3 is 2.34 bits per heavy atom. The van der Waals surface area contributed by atoms with Crippen molar-refractivity contribution in [3.63, 3.8) is 0 Å². The largest absolute Gasteiger partial charge is 0.472 e. The molecular formula is C20H25BrN10O14P2. The van der Waals surface area contributed by atoms with E-state index in [0.717, 1.165) is 10.9 Å². The Balaban J connectivity index is 1.19. The van der Waals surface area contributed by atoms with Crippen molar-refractivity contribution in [2.24, 2.45) is 0 Å². The Kier molecular flexibility index (Phi) is 8.99. The molecule has 2 aliphatic heterocycles. The zero-order valence-corrected chi connectivity index (χ0v) is 26.6. The number of aliphatic hydroxyl groups excluding tert-OH is 3. The van der Waals surface area contributed by atoms with Gasteiger partial charge in [0, 0.05) is 0 Å². The highest BCUT2D eigenvalue weighted by Crippen LogP contribution is 2.50. The molecule has 6 heterocycles. The Morgan fingerprint density at radius 1 is 0.915 bits per heavy atom. The molecule has 256 valence electrons. The van der Waals surface area contributed by atoms with Gasteiger partial charge in [0.1, 0.15) is 48.5 Å². The average Bonchev–Trinajstić information content (AvgIpc) is 3.71. The van der Waals surface area contributed by atoms with Crippen LogP contribution in [0.15, 0.2) is 22.2 Å². The molecule has 47 heavy (non-hydrogen) atoms. The van der Waals surface area contributed by atoms with Gasteiger partial charge in [0.15, 0.2) is 39.8 Å². The minimum absolute atomic E-state index is 0.00464. The molecule has 6 rings (SSSR count). The van der Waals surface area contributed by atoms with Crippen molar-refractivity contribution in [2.45, 2.75) is 49.1 Å². The first-order valence-corrected chi connectivity index (χ1v) is 16.9. The zero-order valence-electron chi connectivity index (χ0n) is 23.2. The summed E-state index contributed by atoms with van der Waals surface area (Å²) in [6.45, 7) is -1.79. The van der Waals surface area contributed by atoms with E-state index < -0.39 is 83.5 Å². The van der Waals surface area contributed by atoms with Crippen LogP contribution in [-0.2, 0) is 32.2 Å². The monoisotopic (exact) mass is 770 g/mol. The lowest BCUT2D eigenvalue weighted by molar-refractivity contribution is -0.0588. The highest BCUT2D eigenvalue weighted by atomic mass is 79.9. The summed E-state index contributed by atoms with van der Waals surface area (Å²) in [5.41, 5.74) is 10.7. The predicted octanol–water partition coefficient (Wildman–Crippen LogP) is -2.62. The summed E-state index contributed by atoms with van der Waals surface area (Å²) in [6.07, 6.45) is -10.7. The molecule has 2 fully saturated rings. The van der Waals surface area contributed by atoms with Gasteiger partial charge in [-0.3, -0.25) is 32.5 Å². The van der Waals surface area contributed by atoms with Crippen LogP contribution in [0.2, 0.25) is 0 Å². The molecular weight excluding hydrogens is 746 g/mol. The number of aliphatic hydroxyl groups is 3. The smallest absolute Gasteiger partial charge is 0.387 e. The van der Waals surface area contributed by atoms with E-state index in [0.29, 0.717) is 0 Å². The molecule has 0 saturated carbocycles. The molecule has 24 nitrogen and oxygen atoms in total. The summed E-state index contributed by atoms with van der Waals surface area (Å²) in [5.74, 6) is -0.277. The van der Waals surface area contributed by atoms with Crippen molar-refractivity contribution < 1.29 is 62.2 Å². The SMILES string of the molecule is Nc1nc2c(nc(Br)n2[C@@H]2O[C@H](COP(=O)(O)O[C@H]3[C@@H](O)[C@H](n4cnc5c(N)ncnc54)O[C@@H]3COP(=O)(O)O)[C@@H](O)[C@H]2O)c(=O)[nH]1. The fraction of sp³-hybridized carbons (Fsp3) is 0.500. The molecule has 0 spiro atoms. The predicted molar refractivity (Wildman–Crippen MR) is 154 cm³/mol. The normalized spacial score (nSPS) is 29.6. The van der Waals surface area contributed by atoms with Gasteiger partial charge < -0.3 is 50.9 Å². The number of halogens is 1. The number of H-pyrrole nitrogens is 1. The van der Waals surface area contributed by atoms with Crippen LogP contribution in [-0.4, -0.2) is 119 Å². The quantitative estimate of drug-likeness (QED) is 0.0588. The zero-order chi connectivity index (χ0) is 34.0. The third kappa shape index (κ3) is 6.56. The summed E-state index contributed by atoms with van der Waals surface area (Å²) in [4.78, 5) is 63.3. The second-order valence-electron chi connectivity index (χ2n) is 10.2. The molecule has 11 N–H and O–H groups in total. The van der Waals surface area contributed by atoms with Crippen molar-refractivity contribution in [3.8, 4) is 0 Å². The van der Waals surface area contributed by atoms with E-state index in [1.54, 1.807) is 0 Å². The second kappa shape index (κ2) is 12.5. The van der Waals surface area contributed by atoms with Crippen LogP contribution in [0, 0.1) is 0 Å². The number of anilines is 2. The molecule has 0 aromatic carbocycles. The van der Waals surface area contributed by atoms with Crippen LogP contribution in [0.4, 0.5) is 11.8 Å². The average molecular weight is 771 g/mol. The number of ether oxygens (including phenoxy) is 2. The van der Waals surface area contributed by atoms with Crippen molar-refractivity contribution >= 4 is 65.7 Å². The highest BCUT2D eigenvalue weighted by Gasteiger charge is 2.51. The van der Waals surface area contributed by atoms with Crippen LogP contribution in [0.1, 0.15) is 12.5 Å². The van der Waals surface area contributed by atoms with Gasteiger partial charge in [-0.25, -0.2) is 29.1 Å². The number of nitrogens with zero attached hydrogens (tertiary/aromatic N) is 7. The highest BCUT2D eigenvalue weighted by molar-refractivity contribution is 9.10. The van der Waals surface area contributed by atoms with E-state index in [2.05, 4.69) is 50.4 Å². The van der Waals surface area contributed by atoms with E-state index in [9.17, 15) is 43.9 Å². The second-order valence-corrected chi connectivity index (χ2v) is 13.5. The van der Waals surface area contributed by atoms with Gasteiger partial charge in [-0.15, -0.1) is 0 Å². The first kappa shape index (κ1) is 33.9. The number of imidazole rings is 2. The molecule has 0 bridgehead atoms. The summed E-state index contributed by atoms with van der Waals surface area (Å²) < 4.78 is 52.8. The first-order chi connectivity index (χ1) is 22.0. The van der Waals surface area contributed by atoms with Gasteiger partial charge in [-0.1, -0.05) is 0 Å². The molecule has 9 atom stereocenters. The number of hydrogen-bond acceptors (Lipinski definition) is 18. The number of nitrogen functional groups attached to an aromatic ring is 2. The van der Waals surface area contributed by atoms with E-state index in [4.69, 9.17) is 30.0 Å². The maximum Gasteiger partial charge on any atom is 0.472 e. The van der Waals surface area contributed by atoms with Crippen LogP contribution in [0.5, 0.6) is 0 Å². The fourth-order valence-electron chi connectivity index (χ4n) is 5.07. The molecule has 27 heteroatoms. The molecule has 0 amide bonds. The lowest BCUT2D eigenvalue weighted by Crippen LogP contribution is -2.37. The standard InChI is InChI=1S/C20H25BrN10O14P2/c21-19-27-8-15(28-20(23)29-16(8)35)31(19)18-10(33)9(32)5(43-18)1-42-47(39,40)45-12-6(2-41-46(36,37)38)44-17(11(12)34)30-4-26-7-13(22)24-3-25-14(7)30/h3-6,9-12,17-18,32-34H,1-2H2,(H,39,40)(H2,22,24,25)(H2,36,37,38)(H3,23,28,29,35)/t5-,6-,9-,10-,11-,12-,17-,18-/m1/s1. The van der Waals surface area contributed by atoms with Crippen LogP contribution >= 0.6 is 31.6 Å². The van der Waals surface area contributed by atoms with Crippen molar-refractivity contribution in [1.29, 1.82) is 0 Å². The number of nitrogens with one attached hydrogen (secondary N) is 1. The number of phosphoric acid groups is 2. The molecule has 4 aromatic rings. The summed E-state index contributed by atoms with van der Waals surface area (Å²) >= 11 is 3.13. The number of hydrogen-bond donors (Lipinski definition) is 9. The maximum atomic E-state index is 13.1. The first-order valence-electron chi connectivity index (χ1n) is 13.1. The Hall–Kier alpha value is -3.00. The topological polar surface area (TPSA) is 361 Å². The van der Waals surface area contributed by atoms with E-state index in [-0.39, 0.29) is 38.8 Å². The van der Waals surface area contributed by atoms with E-state index in [1.165, 1.54) is 10.9 Å². The Labute approximate surface area is 268 Å². The van der Waals surface area contributed by atoms with Crippen molar-refractivity contribution in [1.82, 2.24) is 39.0 Å². The fourth-order valence-corrected chi connectivity index (χ4v) is 6.92. The number of phosphoric ester groups is 2. The van der Waals surface area contributed by atoms with Gasteiger partial charge >= 0.3 is 15.6 Å². The van der Waals surface area contributed by atoms with Gasteiger partial charge in [0.25, 0.3) is 5.56 Å². The Bertz CT molecular complexity index is 1970. The summed E-state index contributed by atoms with van der Waals surface area (Å²) in [5, 5.41) is 32.5. The minimum atomic E-state index is -5.22.